The first-order chi connectivity index (χ1) is 12.3. The van der Waals surface area contributed by atoms with E-state index in [1.165, 1.54) is 0 Å². The fourth-order valence-electron chi connectivity index (χ4n) is 2.99. The van der Waals surface area contributed by atoms with Crippen molar-refractivity contribution in [2.24, 2.45) is 11.8 Å². The van der Waals surface area contributed by atoms with Crippen molar-refractivity contribution < 1.29 is 24.2 Å². The Labute approximate surface area is 152 Å². The SMILES string of the molecule is CCOc1cccc(C(=O)NNC(=O)[C@@H]2CC(C)=C(C)C[C@@H]2C(=O)[O-])c1. The summed E-state index contributed by atoms with van der Waals surface area (Å²) in [7, 11) is 0. The highest BCUT2D eigenvalue weighted by Gasteiger charge is 2.33. The average Bonchev–Trinajstić information content (AvgIpc) is 2.61. The van der Waals surface area contributed by atoms with Crippen molar-refractivity contribution in [3.8, 4) is 5.75 Å². The van der Waals surface area contributed by atoms with Crippen molar-refractivity contribution in [3.05, 3.63) is 41.0 Å². The standard InChI is InChI=1S/C19H24N2O5/c1-4-26-14-7-5-6-13(10-14)17(22)20-21-18(23)15-8-11(2)12(3)9-16(15)19(24)25/h5-7,10,15-16H,4,8-9H2,1-3H3,(H,20,22)(H,21,23)(H,24,25)/p-1/t15-,16+/m1/s1. The zero-order chi connectivity index (χ0) is 19.3. The van der Waals surface area contributed by atoms with Crippen molar-refractivity contribution in [3.63, 3.8) is 0 Å². The van der Waals surface area contributed by atoms with Crippen LogP contribution in [0.25, 0.3) is 0 Å². The molecule has 7 nitrogen and oxygen atoms in total. The molecule has 0 spiro atoms. The van der Waals surface area contributed by atoms with Crippen LogP contribution >= 0.6 is 0 Å². The van der Waals surface area contributed by atoms with E-state index in [1.54, 1.807) is 24.3 Å². The molecule has 0 bridgehead atoms. The molecule has 2 amide bonds. The monoisotopic (exact) mass is 359 g/mol. The molecule has 26 heavy (non-hydrogen) atoms. The molecule has 1 aliphatic rings. The Morgan fingerprint density at radius 2 is 1.77 bits per heavy atom. The first kappa shape index (κ1) is 19.5. The summed E-state index contributed by atoms with van der Waals surface area (Å²) in [5.74, 6) is -3.44. The van der Waals surface area contributed by atoms with Gasteiger partial charge in [-0.05, 0) is 51.8 Å². The van der Waals surface area contributed by atoms with Crippen LogP contribution < -0.4 is 20.7 Å². The van der Waals surface area contributed by atoms with E-state index in [9.17, 15) is 19.5 Å². The van der Waals surface area contributed by atoms with Gasteiger partial charge in [0.1, 0.15) is 5.75 Å². The summed E-state index contributed by atoms with van der Waals surface area (Å²) in [5, 5.41) is 11.4. The van der Waals surface area contributed by atoms with Crippen LogP contribution in [-0.2, 0) is 9.59 Å². The van der Waals surface area contributed by atoms with Gasteiger partial charge in [0.05, 0.1) is 12.5 Å². The quantitative estimate of drug-likeness (QED) is 0.601. The van der Waals surface area contributed by atoms with Crippen LogP contribution in [0, 0.1) is 11.8 Å². The molecule has 0 aliphatic heterocycles. The maximum atomic E-state index is 12.4. The fraction of sp³-hybridized carbons (Fsp3) is 0.421. The molecule has 1 aromatic rings. The summed E-state index contributed by atoms with van der Waals surface area (Å²) in [6, 6.07) is 6.55. The van der Waals surface area contributed by atoms with Crippen molar-refractivity contribution >= 4 is 17.8 Å². The molecule has 0 fully saturated rings. The number of hydrogen-bond acceptors (Lipinski definition) is 5. The number of hydrogen-bond donors (Lipinski definition) is 2. The lowest BCUT2D eigenvalue weighted by Gasteiger charge is -2.32. The molecular formula is C19H23N2O5-. The van der Waals surface area contributed by atoms with Crippen LogP contribution in [0.2, 0.25) is 0 Å². The minimum Gasteiger partial charge on any atom is -0.550 e. The lowest BCUT2D eigenvalue weighted by molar-refractivity contribution is -0.313. The molecule has 0 aromatic heterocycles. The number of carboxylic acids is 1. The fourth-order valence-corrected chi connectivity index (χ4v) is 2.99. The molecule has 0 saturated carbocycles. The second kappa shape index (κ2) is 8.51. The molecule has 0 heterocycles. The van der Waals surface area contributed by atoms with Crippen molar-refractivity contribution in [1.82, 2.24) is 10.9 Å². The average molecular weight is 359 g/mol. The third kappa shape index (κ3) is 4.62. The minimum absolute atomic E-state index is 0.274. The van der Waals surface area contributed by atoms with E-state index in [2.05, 4.69) is 10.9 Å². The molecular weight excluding hydrogens is 336 g/mol. The topological polar surface area (TPSA) is 108 Å². The lowest BCUT2D eigenvalue weighted by Crippen LogP contribution is -2.49. The van der Waals surface area contributed by atoms with Crippen LogP contribution in [0.5, 0.6) is 5.75 Å². The van der Waals surface area contributed by atoms with Gasteiger partial charge in [-0.25, -0.2) is 0 Å². The number of carbonyl (C=O) groups excluding carboxylic acids is 3. The normalized spacial score (nSPS) is 19.7. The molecule has 2 atom stereocenters. The maximum Gasteiger partial charge on any atom is 0.269 e. The smallest absolute Gasteiger partial charge is 0.269 e. The summed E-state index contributed by atoms with van der Waals surface area (Å²) < 4.78 is 5.34. The molecule has 2 N–H and O–H groups in total. The third-order valence-electron chi connectivity index (χ3n) is 4.61. The Hall–Kier alpha value is -2.83. The van der Waals surface area contributed by atoms with Gasteiger partial charge in [-0.1, -0.05) is 17.2 Å². The number of hydrazine groups is 1. The number of ether oxygens (including phenoxy) is 1. The molecule has 2 rings (SSSR count). The van der Waals surface area contributed by atoms with Gasteiger partial charge < -0.3 is 14.6 Å². The minimum atomic E-state index is -1.26. The van der Waals surface area contributed by atoms with Gasteiger partial charge >= 0.3 is 0 Å². The number of nitrogens with one attached hydrogen (secondary N) is 2. The highest BCUT2D eigenvalue weighted by Crippen LogP contribution is 2.33. The zero-order valence-electron chi connectivity index (χ0n) is 15.1. The van der Waals surface area contributed by atoms with E-state index in [4.69, 9.17) is 4.74 Å². The van der Waals surface area contributed by atoms with E-state index >= 15 is 0 Å². The number of aliphatic carboxylic acids is 1. The van der Waals surface area contributed by atoms with Gasteiger partial charge in [0.15, 0.2) is 0 Å². The Kier molecular flexibility index (Phi) is 6.38. The van der Waals surface area contributed by atoms with Crippen LogP contribution in [0.3, 0.4) is 0 Å². The third-order valence-corrected chi connectivity index (χ3v) is 4.61. The largest absolute Gasteiger partial charge is 0.550 e. The van der Waals surface area contributed by atoms with Crippen LogP contribution in [-0.4, -0.2) is 24.4 Å². The first-order valence-corrected chi connectivity index (χ1v) is 8.52. The Balaban J connectivity index is 2.02. The highest BCUT2D eigenvalue weighted by molar-refractivity contribution is 5.96. The van der Waals surface area contributed by atoms with Crippen molar-refractivity contribution in [1.29, 1.82) is 0 Å². The zero-order valence-corrected chi connectivity index (χ0v) is 15.1. The molecule has 1 aliphatic carbocycles. The second-order valence-electron chi connectivity index (χ2n) is 6.41. The molecule has 0 unspecified atom stereocenters. The second-order valence-corrected chi connectivity index (χ2v) is 6.41. The van der Waals surface area contributed by atoms with E-state index in [0.717, 1.165) is 11.1 Å². The van der Waals surface area contributed by atoms with E-state index in [-0.39, 0.29) is 6.42 Å². The van der Waals surface area contributed by atoms with Gasteiger partial charge in [-0.3, -0.25) is 20.4 Å². The number of carboxylic acid groups (broad SMARTS) is 1. The first-order valence-electron chi connectivity index (χ1n) is 8.52. The molecule has 0 radical (unpaired) electrons. The highest BCUT2D eigenvalue weighted by atomic mass is 16.5. The van der Waals surface area contributed by atoms with Gasteiger partial charge in [-0.2, -0.15) is 0 Å². The number of rotatable bonds is 5. The summed E-state index contributed by atoms with van der Waals surface area (Å²) in [4.78, 5) is 36.0. The van der Waals surface area contributed by atoms with Crippen LogP contribution in [0.15, 0.2) is 35.4 Å². The summed E-state index contributed by atoms with van der Waals surface area (Å²) in [6.07, 6.45) is 0.600. The predicted molar refractivity (Wildman–Crippen MR) is 92.8 cm³/mol. The summed E-state index contributed by atoms with van der Waals surface area (Å²) in [5.41, 5.74) is 6.92. The Morgan fingerprint density at radius 3 is 2.38 bits per heavy atom. The number of amides is 2. The van der Waals surface area contributed by atoms with Crippen LogP contribution in [0.4, 0.5) is 0 Å². The van der Waals surface area contributed by atoms with Crippen molar-refractivity contribution in [2.75, 3.05) is 6.61 Å². The number of carbonyl (C=O) groups is 3. The number of benzene rings is 1. The Bertz CT molecular complexity index is 741. The summed E-state index contributed by atoms with van der Waals surface area (Å²) >= 11 is 0. The maximum absolute atomic E-state index is 12.4. The predicted octanol–water partition coefficient (Wildman–Crippen LogP) is 0.959. The van der Waals surface area contributed by atoms with Crippen LogP contribution in [0.1, 0.15) is 44.0 Å². The molecule has 140 valence electrons. The molecule has 7 heteroatoms. The lowest BCUT2D eigenvalue weighted by atomic mass is 9.76. The van der Waals surface area contributed by atoms with Crippen molar-refractivity contribution in [2.45, 2.75) is 33.6 Å². The number of allylic oxidation sites excluding steroid dienone is 2. The van der Waals surface area contributed by atoms with Gasteiger partial charge in [0.2, 0.25) is 5.91 Å². The van der Waals surface area contributed by atoms with Gasteiger partial charge in [-0.15, -0.1) is 0 Å². The van der Waals surface area contributed by atoms with Gasteiger partial charge in [0, 0.05) is 17.5 Å². The van der Waals surface area contributed by atoms with E-state index in [0.29, 0.717) is 24.3 Å². The molecule has 0 saturated heterocycles. The van der Waals surface area contributed by atoms with Gasteiger partial charge in [0.25, 0.3) is 5.91 Å². The van der Waals surface area contributed by atoms with E-state index in [1.807, 2.05) is 20.8 Å². The Morgan fingerprint density at radius 1 is 1.12 bits per heavy atom. The van der Waals surface area contributed by atoms with E-state index < -0.39 is 29.6 Å². The summed E-state index contributed by atoms with van der Waals surface area (Å²) in [6.45, 7) is 6.04. The molecule has 1 aromatic carbocycles.